The van der Waals surface area contributed by atoms with Crippen LogP contribution in [0.4, 0.5) is 0 Å². The number of aryl methyl sites for hydroxylation is 1. The normalized spacial score (nSPS) is 16.6. The summed E-state index contributed by atoms with van der Waals surface area (Å²) in [7, 11) is 0. The molecule has 0 fully saturated rings. The van der Waals surface area contributed by atoms with Crippen LogP contribution in [0.1, 0.15) is 63.4 Å². The molecule has 1 heterocycles. The molecular weight excluding hydrogens is 222 g/mol. The van der Waals surface area contributed by atoms with E-state index < -0.39 is 0 Å². The van der Waals surface area contributed by atoms with E-state index in [1.807, 2.05) is 0 Å². The Labute approximate surface area is 111 Å². The van der Waals surface area contributed by atoms with Gasteiger partial charge in [0.2, 0.25) is 0 Å². The Bertz CT molecular complexity index is 357. The van der Waals surface area contributed by atoms with E-state index in [1.54, 1.807) is 0 Å². The number of imidazole rings is 1. The molecule has 0 amide bonds. The van der Waals surface area contributed by atoms with Crippen molar-refractivity contribution < 1.29 is 0 Å². The number of hydrogen-bond acceptors (Lipinski definition) is 2. The van der Waals surface area contributed by atoms with Gasteiger partial charge in [-0.1, -0.05) is 6.92 Å². The molecule has 1 aliphatic rings. The van der Waals surface area contributed by atoms with E-state index in [4.69, 9.17) is 0 Å². The van der Waals surface area contributed by atoms with Gasteiger partial charge in [0.05, 0.1) is 12.0 Å². The second kappa shape index (κ2) is 6.93. The topological polar surface area (TPSA) is 29.9 Å². The van der Waals surface area contributed by atoms with Crippen LogP contribution in [0.25, 0.3) is 0 Å². The SMILES string of the molecule is CCCNCCCC(C)n1cnc2c1CCCC2. The van der Waals surface area contributed by atoms with Gasteiger partial charge >= 0.3 is 0 Å². The fourth-order valence-electron chi connectivity index (χ4n) is 2.84. The van der Waals surface area contributed by atoms with Crippen LogP contribution in [0.5, 0.6) is 0 Å². The molecule has 3 heteroatoms. The minimum absolute atomic E-state index is 0.600. The fraction of sp³-hybridized carbons (Fsp3) is 0.800. The van der Waals surface area contributed by atoms with Gasteiger partial charge in [0, 0.05) is 11.7 Å². The first-order valence-electron chi connectivity index (χ1n) is 7.58. The van der Waals surface area contributed by atoms with Gasteiger partial charge in [0.25, 0.3) is 0 Å². The maximum atomic E-state index is 4.58. The number of nitrogens with zero attached hydrogens (tertiary/aromatic N) is 2. The first-order chi connectivity index (χ1) is 8.83. The Kier molecular flexibility index (Phi) is 5.24. The molecule has 0 saturated heterocycles. The highest BCUT2D eigenvalue weighted by Crippen LogP contribution is 2.24. The van der Waals surface area contributed by atoms with Gasteiger partial charge in [0.15, 0.2) is 0 Å². The van der Waals surface area contributed by atoms with Crippen molar-refractivity contribution in [3.8, 4) is 0 Å². The van der Waals surface area contributed by atoms with Gasteiger partial charge in [-0.25, -0.2) is 4.98 Å². The third-order valence-electron chi connectivity index (χ3n) is 3.94. The fourth-order valence-corrected chi connectivity index (χ4v) is 2.84. The summed E-state index contributed by atoms with van der Waals surface area (Å²) >= 11 is 0. The summed E-state index contributed by atoms with van der Waals surface area (Å²) in [5.41, 5.74) is 2.87. The van der Waals surface area contributed by atoms with Crippen molar-refractivity contribution in [2.75, 3.05) is 13.1 Å². The largest absolute Gasteiger partial charge is 0.332 e. The smallest absolute Gasteiger partial charge is 0.0954 e. The van der Waals surface area contributed by atoms with E-state index in [-0.39, 0.29) is 0 Å². The predicted octanol–water partition coefficient (Wildman–Crippen LogP) is 3.10. The van der Waals surface area contributed by atoms with Crippen molar-refractivity contribution in [1.82, 2.24) is 14.9 Å². The van der Waals surface area contributed by atoms with Crippen molar-refractivity contribution in [2.24, 2.45) is 0 Å². The number of rotatable bonds is 7. The number of aromatic nitrogens is 2. The van der Waals surface area contributed by atoms with Crippen LogP contribution >= 0.6 is 0 Å². The second-order valence-electron chi connectivity index (χ2n) is 5.49. The van der Waals surface area contributed by atoms with Crippen LogP contribution in [-0.4, -0.2) is 22.6 Å². The van der Waals surface area contributed by atoms with Crippen molar-refractivity contribution in [1.29, 1.82) is 0 Å². The first kappa shape index (κ1) is 13.6. The van der Waals surface area contributed by atoms with Gasteiger partial charge < -0.3 is 9.88 Å². The Morgan fingerprint density at radius 2 is 2.17 bits per heavy atom. The molecule has 0 aromatic carbocycles. The molecule has 1 N–H and O–H groups in total. The zero-order valence-electron chi connectivity index (χ0n) is 11.9. The van der Waals surface area contributed by atoms with Gasteiger partial charge in [-0.05, 0) is 65.0 Å². The Balaban J connectivity index is 1.81. The minimum Gasteiger partial charge on any atom is -0.332 e. The quantitative estimate of drug-likeness (QED) is 0.753. The van der Waals surface area contributed by atoms with Crippen molar-refractivity contribution >= 4 is 0 Å². The third-order valence-corrected chi connectivity index (χ3v) is 3.94. The lowest BCUT2D eigenvalue weighted by Crippen LogP contribution is -2.18. The van der Waals surface area contributed by atoms with Crippen molar-refractivity contribution in [2.45, 2.75) is 64.8 Å². The summed E-state index contributed by atoms with van der Waals surface area (Å²) < 4.78 is 2.42. The summed E-state index contributed by atoms with van der Waals surface area (Å²) in [6, 6.07) is 0.600. The number of hydrogen-bond donors (Lipinski definition) is 1. The lowest BCUT2D eigenvalue weighted by Gasteiger charge is -2.19. The summed E-state index contributed by atoms with van der Waals surface area (Å²) in [6.07, 6.45) is 10.9. The van der Waals surface area contributed by atoms with E-state index in [0.717, 1.165) is 13.1 Å². The molecule has 0 saturated carbocycles. The van der Waals surface area contributed by atoms with E-state index in [0.29, 0.717) is 6.04 Å². The van der Waals surface area contributed by atoms with E-state index in [1.165, 1.54) is 56.3 Å². The lowest BCUT2D eigenvalue weighted by molar-refractivity contribution is 0.457. The highest BCUT2D eigenvalue weighted by atomic mass is 15.1. The van der Waals surface area contributed by atoms with Crippen LogP contribution in [0.15, 0.2) is 6.33 Å². The maximum absolute atomic E-state index is 4.58. The van der Waals surface area contributed by atoms with Crippen LogP contribution in [0.3, 0.4) is 0 Å². The standard InChI is InChI=1S/C15H27N3/c1-3-10-16-11-6-7-13(2)18-12-17-14-8-4-5-9-15(14)18/h12-13,16H,3-11H2,1-2H3. The molecule has 3 nitrogen and oxygen atoms in total. The zero-order valence-corrected chi connectivity index (χ0v) is 11.9. The molecule has 0 radical (unpaired) electrons. The predicted molar refractivity (Wildman–Crippen MR) is 76.0 cm³/mol. The summed E-state index contributed by atoms with van der Waals surface area (Å²) in [6.45, 7) is 6.84. The lowest BCUT2D eigenvalue weighted by atomic mass is 10.0. The molecular formula is C15H27N3. The minimum atomic E-state index is 0.600. The van der Waals surface area contributed by atoms with E-state index in [9.17, 15) is 0 Å². The van der Waals surface area contributed by atoms with E-state index >= 15 is 0 Å². The number of nitrogens with one attached hydrogen (secondary N) is 1. The van der Waals surface area contributed by atoms with Crippen molar-refractivity contribution in [3.63, 3.8) is 0 Å². The Hall–Kier alpha value is -0.830. The molecule has 2 rings (SSSR count). The summed E-state index contributed by atoms with van der Waals surface area (Å²) in [4.78, 5) is 4.58. The molecule has 1 aromatic heterocycles. The average molecular weight is 249 g/mol. The van der Waals surface area contributed by atoms with Crippen LogP contribution < -0.4 is 5.32 Å². The molecule has 1 aliphatic carbocycles. The molecule has 0 bridgehead atoms. The third kappa shape index (κ3) is 3.35. The van der Waals surface area contributed by atoms with Gasteiger partial charge in [-0.3, -0.25) is 0 Å². The molecule has 1 unspecified atom stereocenters. The summed E-state index contributed by atoms with van der Waals surface area (Å²) in [5, 5.41) is 3.47. The monoisotopic (exact) mass is 249 g/mol. The van der Waals surface area contributed by atoms with Gasteiger partial charge in [0.1, 0.15) is 0 Å². The molecule has 1 atom stereocenters. The highest BCUT2D eigenvalue weighted by molar-refractivity contribution is 5.17. The second-order valence-corrected chi connectivity index (χ2v) is 5.49. The molecule has 1 aromatic rings. The zero-order chi connectivity index (χ0) is 12.8. The average Bonchev–Trinajstić information content (AvgIpc) is 2.82. The maximum Gasteiger partial charge on any atom is 0.0954 e. The summed E-state index contributed by atoms with van der Waals surface area (Å²) in [5.74, 6) is 0. The molecule has 0 spiro atoms. The van der Waals surface area contributed by atoms with Crippen LogP contribution in [0.2, 0.25) is 0 Å². The van der Waals surface area contributed by atoms with Gasteiger partial charge in [-0.2, -0.15) is 0 Å². The van der Waals surface area contributed by atoms with Crippen LogP contribution in [-0.2, 0) is 12.8 Å². The van der Waals surface area contributed by atoms with E-state index in [2.05, 4.69) is 35.0 Å². The number of fused-ring (bicyclic) bond motifs is 1. The highest BCUT2D eigenvalue weighted by Gasteiger charge is 2.17. The van der Waals surface area contributed by atoms with Gasteiger partial charge in [-0.15, -0.1) is 0 Å². The molecule has 18 heavy (non-hydrogen) atoms. The Morgan fingerprint density at radius 3 is 3.00 bits per heavy atom. The Morgan fingerprint density at radius 1 is 1.33 bits per heavy atom. The molecule has 0 aliphatic heterocycles. The molecule has 102 valence electrons. The van der Waals surface area contributed by atoms with Crippen molar-refractivity contribution in [3.05, 3.63) is 17.7 Å². The first-order valence-corrected chi connectivity index (χ1v) is 7.58. The van der Waals surface area contributed by atoms with Crippen LogP contribution in [0, 0.1) is 0 Å².